The first-order valence-electron chi connectivity index (χ1n) is 34.5. The minimum Gasteiger partial charge on any atom is -0.394 e. The van der Waals surface area contributed by atoms with Gasteiger partial charge >= 0.3 is 0 Å². The van der Waals surface area contributed by atoms with Gasteiger partial charge in [0.15, 0.2) is 18.9 Å². The summed E-state index contributed by atoms with van der Waals surface area (Å²) in [6.45, 7) is 1.56. The Balaban J connectivity index is 1.29. The lowest BCUT2D eigenvalue weighted by Crippen LogP contribution is -2.66. The molecule has 1 amide bonds. The van der Waals surface area contributed by atoms with Gasteiger partial charge in [0, 0.05) is 6.42 Å². The van der Waals surface area contributed by atoms with Crippen molar-refractivity contribution in [3.05, 3.63) is 60.8 Å². The van der Waals surface area contributed by atoms with Gasteiger partial charge in [-0.05, 0) is 57.8 Å². The first-order chi connectivity index (χ1) is 42.8. The third-order valence-corrected chi connectivity index (χ3v) is 17.1. The smallest absolute Gasteiger partial charge is 0.220 e. The fourth-order valence-electron chi connectivity index (χ4n) is 11.5. The van der Waals surface area contributed by atoms with Crippen molar-refractivity contribution in [2.75, 3.05) is 26.4 Å². The molecular formula is C69H123NO18. The molecule has 0 aromatic carbocycles. The number of hydrogen-bond acceptors (Lipinski definition) is 18. The van der Waals surface area contributed by atoms with Crippen LogP contribution in [-0.2, 0) is 33.2 Å². The molecule has 0 aliphatic carbocycles. The third kappa shape index (κ3) is 32.9. The number of carbonyl (C=O) groups excluding carboxylic acids is 1. The fourth-order valence-corrected chi connectivity index (χ4v) is 11.5. The molecule has 19 nitrogen and oxygen atoms in total. The second kappa shape index (κ2) is 51.0. The molecule has 3 heterocycles. The van der Waals surface area contributed by atoms with Gasteiger partial charge in [0.2, 0.25) is 5.91 Å². The second-order valence-corrected chi connectivity index (χ2v) is 24.6. The van der Waals surface area contributed by atoms with Crippen molar-refractivity contribution in [1.82, 2.24) is 5.32 Å². The average molecular weight is 1250 g/mol. The Morgan fingerprint density at radius 1 is 0.420 bits per heavy atom. The molecule has 0 bridgehead atoms. The van der Waals surface area contributed by atoms with Crippen molar-refractivity contribution in [3.63, 3.8) is 0 Å². The molecule has 19 heteroatoms. The number of aliphatic hydroxyl groups is 11. The van der Waals surface area contributed by atoms with E-state index in [4.69, 9.17) is 28.4 Å². The zero-order chi connectivity index (χ0) is 64.0. The van der Waals surface area contributed by atoms with Gasteiger partial charge < -0.3 is 89.9 Å². The standard InChI is InChI=1S/C69H123NO18/c1-3-5-7-9-11-13-14-15-16-17-18-19-20-21-22-23-24-25-26-27-28-29-30-31-32-33-34-35-36-37-38-39-41-43-45-47-57(75)70-52(53(74)46-44-42-40-12-10-8-6-4-2)51-83-67-63(81)60(78)65(55(49-72)85-67)88-69-64(82)61(79)66(56(50-73)86-69)87-68-62(80)59(77)58(76)54(48-71)84-68/h5,7,11,13,15-16,18-19,44,46,52-56,58-69,71-74,76-82H,3-4,6,8-10,12,14,17,20-43,45,47-51H2,1-2H3,(H,70,75)/b7-5-,13-11-,16-15-,19-18-,46-44+. The zero-order valence-corrected chi connectivity index (χ0v) is 53.9. The summed E-state index contributed by atoms with van der Waals surface area (Å²) in [7, 11) is 0. The molecule has 0 spiro atoms. The van der Waals surface area contributed by atoms with E-state index >= 15 is 0 Å². The molecular weight excluding hydrogens is 1130 g/mol. The highest BCUT2D eigenvalue weighted by molar-refractivity contribution is 5.76. The van der Waals surface area contributed by atoms with Crippen molar-refractivity contribution in [2.24, 2.45) is 0 Å². The Kier molecular flexibility index (Phi) is 46.2. The first kappa shape index (κ1) is 79.7. The summed E-state index contributed by atoms with van der Waals surface area (Å²) in [6.07, 6.45) is 35.5. The molecule has 0 saturated carbocycles. The van der Waals surface area contributed by atoms with Crippen LogP contribution >= 0.6 is 0 Å². The predicted molar refractivity (Wildman–Crippen MR) is 342 cm³/mol. The van der Waals surface area contributed by atoms with Crippen LogP contribution in [0.25, 0.3) is 0 Å². The Labute approximate surface area is 528 Å². The largest absolute Gasteiger partial charge is 0.394 e. The van der Waals surface area contributed by atoms with E-state index in [-0.39, 0.29) is 18.9 Å². The van der Waals surface area contributed by atoms with Crippen LogP contribution in [0.4, 0.5) is 0 Å². The highest BCUT2D eigenvalue weighted by Gasteiger charge is 2.53. The summed E-state index contributed by atoms with van der Waals surface area (Å²) in [4.78, 5) is 13.3. The van der Waals surface area contributed by atoms with Crippen molar-refractivity contribution in [2.45, 2.75) is 343 Å². The molecule has 0 aromatic rings. The summed E-state index contributed by atoms with van der Waals surface area (Å²) in [6, 6.07) is -0.970. The van der Waals surface area contributed by atoms with Crippen LogP contribution < -0.4 is 5.32 Å². The molecule has 3 aliphatic rings. The van der Waals surface area contributed by atoms with Crippen LogP contribution in [0.2, 0.25) is 0 Å². The number of nitrogens with one attached hydrogen (secondary N) is 1. The summed E-state index contributed by atoms with van der Waals surface area (Å²) >= 11 is 0. The van der Waals surface area contributed by atoms with Gasteiger partial charge in [-0.25, -0.2) is 0 Å². The predicted octanol–water partition coefficient (Wildman–Crippen LogP) is 8.77. The lowest BCUT2D eigenvalue weighted by Gasteiger charge is -2.48. The maximum atomic E-state index is 13.3. The van der Waals surface area contributed by atoms with E-state index in [1.165, 1.54) is 135 Å². The van der Waals surface area contributed by atoms with Crippen molar-refractivity contribution < 1.29 is 89.4 Å². The van der Waals surface area contributed by atoms with Crippen LogP contribution in [0, 0.1) is 0 Å². The monoisotopic (exact) mass is 1250 g/mol. The van der Waals surface area contributed by atoms with Crippen LogP contribution in [-0.4, -0.2) is 193 Å². The van der Waals surface area contributed by atoms with Gasteiger partial charge in [0.1, 0.15) is 73.2 Å². The maximum Gasteiger partial charge on any atom is 0.220 e. The van der Waals surface area contributed by atoms with E-state index in [1.807, 2.05) is 6.08 Å². The van der Waals surface area contributed by atoms with Crippen molar-refractivity contribution in [1.29, 1.82) is 0 Å². The van der Waals surface area contributed by atoms with E-state index in [0.717, 1.165) is 77.0 Å². The van der Waals surface area contributed by atoms with E-state index in [1.54, 1.807) is 6.08 Å². The minimum atomic E-state index is -1.98. The number of aliphatic hydroxyl groups excluding tert-OH is 11. The van der Waals surface area contributed by atoms with Gasteiger partial charge in [-0.2, -0.15) is 0 Å². The molecule has 3 saturated heterocycles. The van der Waals surface area contributed by atoms with E-state index in [0.29, 0.717) is 6.42 Å². The van der Waals surface area contributed by atoms with Crippen LogP contribution in [0.1, 0.15) is 239 Å². The number of rotatable bonds is 52. The third-order valence-electron chi connectivity index (χ3n) is 17.1. The van der Waals surface area contributed by atoms with E-state index in [2.05, 4.69) is 67.8 Å². The number of hydrogen-bond donors (Lipinski definition) is 12. The molecule has 0 radical (unpaired) electrons. The van der Waals surface area contributed by atoms with Gasteiger partial charge in [0.05, 0.1) is 38.6 Å². The summed E-state index contributed by atoms with van der Waals surface area (Å²) in [5, 5.41) is 120. The maximum absolute atomic E-state index is 13.3. The Morgan fingerprint density at radius 2 is 0.784 bits per heavy atom. The minimum absolute atomic E-state index is 0.244. The van der Waals surface area contributed by atoms with E-state index in [9.17, 15) is 61.0 Å². The molecule has 88 heavy (non-hydrogen) atoms. The first-order valence-corrected chi connectivity index (χ1v) is 34.5. The molecule has 17 atom stereocenters. The van der Waals surface area contributed by atoms with Gasteiger partial charge in [-0.15, -0.1) is 0 Å². The molecule has 512 valence electrons. The number of carbonyl (C=O) groups is 1. The van der Waals surface area contributed by atoms with Crippen LogP contribution in [0.15, 0.2) is 60.8 Å². The molecule has 12 N–H and O–H groups in total. The number of amides is 1. The molecule has 17 unspecified atom stereocenters. The Morgan fingerprint density at radius 3 is 1.23 bits per heavy atom. The quantitative estimate of drug-likeness (QED) is 0.0200. The van der Waals surface area contributed by atoms with Gasteiger partial charge in [0.25, 0.3) is 0 Å². The molecule has 0 aromatic heterocycles. The zero-order valence-electron chi connectivity index (χ0n) is 53.9. The number of unbranched alkanes of at least 4 members (excludes halogenated alkanes) is 28. The molecule has 3 aliphatic heterocycles. The average Bonchev–Trinajstić information content (AvgIpc) is 1.15. The van der Waals surface area contributed by atoms with Crippen LogP contribution in [0.3, 0.4) is 0 Å². The lowest BCUT2D eigenvalue weighted by atomic mass is 9.96. The van der Waals surface area contributed by atoms with Gasteiger partial charge in [-0.3, -0.25) is 4.79 Å². The van der Waals surface area contributed by atoms with E-state index < -0.39 is 124 Å². The summed E-state index contributed by atoms with van der Waals surface area (Å²) in [5.74, 6) is -0.277. The second-order valence-electron chi connectivity index (χ2n) is 24.6. The van der Waals surface area contributed by atoms with Crippen LogP contribution in [0.5, 0.6) is 0 Å². The van der Waals surface area contributed by atoms with Crippen molar-refractivity contribution in [3.8, 4) is 0 Å². The summed E-state index contributed by atoms with van der Waals surface area (Å²) < 4.78 is 34.2. The highest BCUT2D eigenvalue weighted by atomic mass is 16.8. The van der Waals surface area contributed by atoms with Gasteiger partial charge in [-0.1, -0.05) is 235 Å². The number of ether oxygens (including phenoxy) is 6. The number of allylic oxidation sites excluding steroid dienone is 9. The van der Waals surface area contributed by atoms with Crippen molar-refractivity contribution >= 4 is 5.91 Å². The fraction of sp³-hybridized carbons (Fsp3) is 0.841. The molecule has 3 fully saturated rings. The SMILES string of the molecule is CC/C=C\C/C=C\C/C=C\C/C=C\CCCCCCCCCCCCCCCCCCCCCCCCC(=O)NC(COC1OC(CO)C(OC2OC(CO)C(OC3OC(CO)C(O)C(O)C3O)C(O)C2O)C(O)C1O)C(O)/C=C/CCCCCCCC. The Bertz CT molecular complexity index is 1830. The Hall–Kier alpha value is -2.51. The lowest BCUT2D eigenvalue weighted by molar-refractivity contribution is -0.379. The summed E-state index contributed by atoms with van der Waals surface area (Å²) in [5.41, 5.74) is 0. The normalized spacial score (nSPS) is 28.8. The highest BCUT2D eigenvalue weighted by Crippen LogP contribution is 2.33. The molecule has 3 rings (SSSR count). The topological polar surface area (TPSA) is 307 Å².